The maximum atomic E-state index is 12.8. The second kappa shape index (κ2) is 9.84. The quantitative estimate of drug-likeness (QED) is 0.428. The number of carbonyl (C=O) groups excluding carboxylic acids is 1. The minimum atomic E-state index is -0.102. The standard InChI is InChI=1S/C23H19ClN2O3S2/c24-19-10-15(7-8-20(19)29-14-17-5-2-1-4-16(17)12-25)11-21-22(27)26(23(30)31-21)13-18-6-3-9-28-18/h1-2,4-5,7-8,10-11,18H,3,6,9,13-14H2/b21-11-/t18-/m1/s1. The van der Waals surface area contributed by atoms with E-state index in [1.54, 1.807) is 29.2 Å². The lowest BCUT2D eigenvalue weighted by Gasteiger charge is -2.18. The average Bonchev–Trinajstić information content (AvgIpc) is 3.37. The van der Waals surface area contributed by atoms with Gasteiger partial charge in [0.1, 0.15) is 16.7 Å². The Morgan fingerprint density at radius 3 is 2.94 bits per heavy atom. The van der Waals surface area contributed by atoms with Crippen LogP contribution in [0.1, 0.15) is 29.5 Å². The zero-order valence-corrected chi connectivity index (χ0v) is 18.9. The number of thiocarbonyl (C=S) groups is 1. The number of rotatable bonds is 6. The molecule has 2 aromatic rings. The van der Waals surface area contributed by atoms with Crippen LogP contribution in [-0.4, -0.2) is 34.4 Å². The van der Waals surface area contributed by atoms with Crippen molar-refractivity contribution in [1.82, 2.24) is 4.90 Å². The van der Waals surface area contributed by atoms with Gasteiger partial charge in [-0.15, -0.1) is 0 Å². The van der Waals surface area contributed by atoms with Gasteiger partial charge in [0.15, 0.2) is 0 Å². The minimum absolute atomic E-state index is 0.0545. The second-order valence-electron chi connectivity index (χ2n) is 7.17. The van der Waals surface area contributed by atoms with Crippen molar-refractivity contribution in [3.63, 3.8) is 0 Å². The molecule has 1 atom stereocenters. The maximum Gasteiger partial charge on any atom is 0.266 e. The Morgan fingerprint density at radius 1 is 1.35 bits per heavy atom. The SMILES string of the molecule is N#Cc1ccccc1COc1ccc(/C=C2\SC(=S)N(C[C@H]3CCCO3)C2=O)cc1Cl. The fraction of sp³-hybridized carbons (Fsp3) is 0.261. The van der Waals surface area contributed by atoms with E-state index >= 15 is 0 Å². The van der Waals surface area contributed by atoms with E-state index in [1.807, 2.05) is 24.3 Å². The van der Waals surface area contributed by atoms with Crippen LogP contribution in [0.5, 0.6) is 5.75 Å². The van der Waals surface area contributed by atoms with Gasteiger partial charge in [-0.25, -0.2) is 0 Å². The smallest absolute Gasteiger partial charge is 0.266 e. The number of ether oxygens (including phenoxy) is 2. The molecule has 0 aliphatic carbocycles. The number of amides is 1. The normalized spacial score (nSPS) is 19.8. The highest BCUT2D eigenvalue weighted by atomic mass is 35.5. The van der Waals surface area contributed by atoms with Crippen LogP contribution in [-0.2, 0) is 16.1 Å². The van der Waals surface area contributed by atoms with Crippen molar-refractivity contribution in [3.05, 3.63) is 69.1 Å². The summed E-state index contributed by atoms with van der Waals surface area (Å²) in [5.41, 5.74) is 2.15. The van der Waals surface area contributed by atoms with Gasteiger partial charge in [0, 0.05) is 12.2 Å². The number of hydrogen-bond acceptors (Lipinski definition) is 6. The molecule has 2 fully saturated rings. The molecule has 158 valence electrons. The van der Waals surface area contributed by atoms with Gasteiger partial charge in [0.05, 0.1) is 34.2 Å². The molecule has 2 aliphatic rings. The molecule has 1 amide bonds. The molecule has 0 N–H and O–H groups in total. The second-order valence-corrected chi connectivity index (χ2v) is 9.26. The molecule has 2 heterocycles. The van der Waals surface area contributed by atoms with Crippen molar-refractivity contribution in [2.75, 3.05) is 13.2 Å². The number of thioether (sulfide) groups is 1. The number of nitrogens with zero attached hydrogens (tertiary/aromatic N) is 2. The number of hydrogen-bond donors (Lipinski definition) is 0. The summed E-state index contributed by atoms with van der Waals surface area (Å²) in [7, 11) is 0. The van der Waals surface area contributed by atoms with Crippen molar-refractivity contribution < 1.29 is 14.3 Å². The van der Waals surface area contributed by atoms with E-state index in [0.717, 1.165) is 30.6 Å². The first-order chi connectivity index (χ1) is 15.0. The van der Waals surface area contributed by atoms with Crippen LogP contribution in [0, 0.1) is 11.3 Å². The average molecular weight is 471 g/mol. The summed E-state index contributed by atoms with van der Waals surface area (Å²) >= 11 is 13.1. The Kier molecular flexibility index (Phi) is 6.93. The topological polar surface area (TPSA) is 62.6 Å². The van der Waals surface area contributed by atoms with Crippen LogP contribution in [0.15, 0.2) is 47.4 Å². The predicted molar refractivity (Wildman–Crippen MR) is 126 cm³/mol. The highest BCUT2D eigenvalue weighted by Gasteiger charge is 2.34. The van der Waals surface area contributed by atoms with Gasteiger partial charge < -0.3 is 9.47 Å². The molecular weight excluding hydrogens is 452 g/mol. The van der Waals surface area contributed by atoms with E-state index in [4.69, 9.17) is 33.3 Å². The van der Waals surface area contributed by atoms with Gasteiger partial charge in [0.2, 0.25) is 0 Å². The molecule has 4 rings (SSSR count). The van der Waals surface area contributed by atoms with Crippen LogP contribution in [0.4, 0.5) is 0 Å². The van der Waals surface area contributed by atoms with Gasteiger partial charge >= 0.3 is 0 Å². The maximum absolute atomic E-state index is 12.8. The van der Waals surface area contributed by atoms with E-state index < -0.39 is 0 Å². The molecule has 2 aromatic carbocycles. The zero-order valence-electron chi connectivity index (χ0n) is 16.5. The van der Waals surface area contributed by atoms with Crippen LogP contribution in [0.2, 0.25) is 5.02 Å². The molecule has 0 saturated carbocycles. The van der Waals surface area contributed by atoms with E-state index in [0.29, 0.717) is 32.1 Å². The molecule has 0 bridgehead atoms. The molecule has 0 aromatic heterocycles. The fourth-order valence-corrected chi connectivity index (χ4v) is 4.95. The largest absolute Gasteiger partial charge is 0.487 e. The minimum Gasteiger partial charge on any atom is -0.487 e. The van der Waals surface area contributed by atoms with Crippen molar-refractivity contribution in [1.29, 1.82) is 5.26 Å². The lowest BCUT2D eigenvalue weighted by molar-refractivity contribution is -0.123. The molecule has 31 heavy (non-hydrogen) atoms. The first-order valence-corrected chi connectivity index (χ1v) is 11.4. The first-order valence-electron chi connectivity index (χ1n) is 9.82. The van der Waals surface area contributed by atoms with Crippen LogP contribution in [0.3, 0.4) is 0 Å². The summed E-state index contributed by atoms with van der Waals surface area (Å²) in [5.74, 6) is 0.410. The van der Waals surface area contributed by atoms with E-state index in [-0.39, 0.29) is 18.6 Å². The third kappa shape index (κ3) is 5.10. The Morgan fingerprint density at radius 2 is 2.19 bits per heavy atom. The van der Waals surface area contributed by atoms with Gasteiger partial charge in [-0.1, -0.05) is 59.8 Å². The molecule has 0 unspecified atom stereocenters. The number of nitriles is 1. The first kappa shape index (κ1) is 21.8. The Labute approximate surface area is 195 Å². The number of carbonyl (C=O) groups is 1. The van der Waals surface area contributed by atoms with Crippen molar-refractivity contribution in [3.8, 4) is 11.8 Å². The van der Waals surface area contributed by atoms with Gasteiger partial charge in [-0.05, 0) is 42.7 Å². The summed E-state index contributed by atoms with van der Waals surface area (Å²) in [4.78, 5) is 15.0. The Hall–Kier alpha value is -2.37. The predicted octanol–water partition coefficient (Wildman–Crippen LogP) is 5.17. The fourth-order valence-electron chi connectivity index (χ4n) is 3.44. The molecule has 2 saturated heterocycles. The Balaban J connectivity index is 1.44. The molecule has 0 spiro atoms. The molecular formula is C23H19ClN2O3S2. The van der Waals surface area contributed by atoms with E-state index in [1.165, 1.54) is 11.8 Å². The summed E-state index contributed by atoms with van der Waals surface area (Å²) in [6.07, 6.45) is 3.81. The lowest BCUT2D eigenvalue weighted by Crippen LogP contribution is -2.35. The van der Waals surface area contributed by atoms with Crippen LogP contribution >= 0.6 is 35.6 Å². The third-order valence-electron chi connectivity index (χ3n) is 5.06. The Bertz CT molecular complexity index is 1090. The third-order valence-corrected chi connectivity index (χ3v) is 6.73. The number of halogens is 1. The van der Waals surface area contributed by atoms with Crippen LogP contribution in [0.25, 0.3) is 6.08 Å². The molecule has 8 heteroatoms. The zero-order chi connectivity index (χ0) is 21.8. The van der Waals surface area contributed by atoms with Gasteiger partial charge in [-0.3, -0.25) is 9.69 Å². The van der Waals surface area contributed by atoms with Crippen LogP contribution < -0.4 is 4.74 Å². The van der Waals surface area contributed by atoms with E-state index in [9.17, 15) is 10.1 Å². The highest BCUT2D eigenvalue weighted by molar-refractivity contribution is 8.26. The summed E-state index contributed by atoms with van der Waals surface area (Å²) in [6.45, 7) is 1.48. The number of benzene rings is 2. The molecule has 2 aliphatic heterocycles. The molecule has 0 radical (unpaired) electrons. The highest BCUT2D eigenvalue weighted by Crippen LogP contribution is 2.35. The van der Waals surface area contributed by atoms with Gasteiger partial charge in [0.25, 0.3) is 5.91 Å². The van der Waals surface area contributed by atoms with Gasteiger partial charge in [-0.2, -0.15) is 5.26 Å². The van der Waals surface area contributed by atoms with E-state index in [2.05, 4.69) is 6.07 Å². The van der Waals surface area contributed by atoms with Crippen molar-refractivity contribution in [2.45, 2.75) is 25.6 Å². The molecule has 5 nitrogen and oxygen atoms in total. The van der Waals surface area contributed by atoms with Crippen molar-refractivity contribution in [2.24, 2.45) is 0 Å². The summed E-state index contributed by atoms with van der Waals surface area (Å²) in [5, 5.41) is 9.62. The lowest BCUT2D eigenvalue weighted by atomic mass is 10.1. The summed E-state index contributed by atoms with van der Waals surface area (Å²) in [6, 6.07) is 14.8. The van der Waals surface area contributed by atoms with Crippen molar-refractivity contribution >= 4 is 51.9 Å². The summed E-state index contributed by atoms with van der Waals surface area (Å²) < 4.78 is 12.0. The monoisotopic (exact) mass is 470 g/mol.